The molecule has 0 atom stereocenters. The summed E-state index contributed by atoms with van der Waals surface area (Å²) in [6.45, 7) is 0. The van der Waals surface area contributed by atoms with Gasteiger partial charge in [0, 0.05) is 17.6 Å². The number of ether oxygens (including phenoxy) is 1. The predicted octanol–water partition coefficient (Wildman–Crippen LogP) is 5.26. The van der Waals surface area contributed by atoms with E-state index in [0.717, 1.165) is 5.69 Å². The average Bonchev–Trinajstić information content (AvgIpc) is 2.76. The van der Waals surface area contributed by atoms with Crippen LogP contribution in [-0.2, 0) is 0 Å². The SMILES string of the molecule is O=C(Nc1ccccc1)c1cnc(Nc2ccccc2)nc1Oc1ccccc1. The molecule has 6 heteroatoms. The zero-order chi connectivity index (χ0) is 19.9. The van der Waals surface area contributed by atoms with E-state index in [2.05, 4.69) is 20.6 Å². The minimum Gasteiger partial charge on any atom is -0.438 e. The number of carbonyl (C=O) groups excluding carboxylic acids is 1. The summed E-state index contributed by atoms with van der Waals surface area (Å²) >= 11 is 0. The van der Waals surface area contributed by atoms with Crippen LogP contribution in [0.5, 0.6) is 11.6 Å². The Labute approximate surface area is 168 Å². The van der Waals surface area contributed by atoms with Crippen LogP contribution in [0.1, 0.15) is 10.4 Å². The molecular formula is C23H18N4O2. The lowest BCUT2D eigenvalue weighted by atomic mass is 10.2. The predicted molar refractivity (Wildman–Crippen MR) is 113 cm³/mol. The number of aromatic nitrogens is 2. The zero-order valence-corrected chi connectivity index (χ0v) is 15.4. The summed E-state index contributed by atoms with van der Waals surface area (Å²) in [6, 6.07) is 27.9. The summed E-state index contributed by atoms with van der Waals surface area (Å²) in [7, 11) is 0. The summed E-state index contributed by atoms with van der Waals surface area (Å²) in [4.78, 5) is 21.5. The van der Waals surface area contributed by atoms with Crippen molar-refractivity contribution in [2.24, 2.45) is 0 Å². The Balaban J connectivity index is 1.64. The van der Waals surface area contributed by atoms with Gasteiger partial charge in [0.15, 0.2) is 0 Å². The Morgan fingerprint density at radius 3 is 2.00 bits per heavy atom. The Kier molecular flexibility index (Phi) is 5.43. The van der Waals surface area contributed by atoms with E-state index in [9.17, 15) is 4.79 Å². The van der Waals surface area contributed by atoms with Crippen LogP contribution in [0.25, 0.3) is 0 Å². The molecule has 0 saturated carbocycles. The molecule has 0 aliphatic carbocycles. The van der Waals surface area contributed by atoms with Crippen molar-refractivity contribution < 1.29 is 9.53 Å². The second kappa shape index (κ2) is 8.67. The number of benzene rings is 3. The molecule has 3 aromatic carbocycles. The van der Waals surface area contributed by atoms with Crippen molar-refractivity contribution in [2.75, 3.05) is 10.6 Å². The molecule has 0 radical (unpaired) electrons. The number of nitrogens with one attached hydrogen (secondary N) is 2. The molecule has 2 N–H and O–H groups in total. The van der Waals surface area contributed by atoms with Crippen LogP contribution >= 0.6 is 0 Å². The number of nitrogens with zero attached hydrogens (tertiary/aromatic N) is 2. The first-order chi connectivity index (χ1) is 14.3. The molecule has 6 nitrogen and oxygen atoms in total. The van der Waals surface area contributed by atoms with Crippen LogP contribution in [0.15, 0.2) is 97.2 Å². The lowest BCUT2D eigenvalue weighted by Gasteiger charge is -2.12. The van der Waals surface area contributed by atoms with E-state index >= 15 is 0 Å². The number of carbonyl (C=O) groups is 1. The monoisotopic (exact) mass is 382 g/mol. The number of hydrogen-bond acceptors (Lipinski definition) is 5. The van der Waals surface area contributed by atoms with Gasteiger partial charge in [-0.25, -0.2) is 4.98 Å². The summed E-state index contributed by atoms with van der Waals surface area (Å²) in [5.74, 6) is 0.718. The normalized spacial score (nSPS) is 10.2. The second-order valence-electron chi connectivity index (χ2n) is 6.14. The van der Waals surface area contributed by atoms with Gasteiger partial charge in [0.05, 0.1) is 0 Å². The summed E-state index contributed by atoms with van der Waals surface area (Å²) in [5, 5.41) is 5.95. The number of anilines is 3. The first-order valence-electron chi connectivity index (χ1n) is 9.06. The molecule has 29 heavy (non-hydrogen) atoms. The van der Waals surface area contributed by atoms with Gasteiger partial charge < -0.3 is 15.4 Å². The third-order valence-corrected chi connectivity index (χ3v) is 4.02. The van der Waals surface area contributed by atoms with Crippen LogP contribution in [0.3, 0.4) is 0 Å². The highest BCUT2D eigenvalue weighted by Crippen LogP contribution is 2.25. The van der Waals surface area contributed by atoms with Gasteiger partial charge in [-0.1, -0.05) is 54.6 Å². The minimum atomic E-state index is -0.353. The number of hydrogen-bond donors (Lipinski definition) is 2. The van der Waals surface area contributed by atoms with Gasteiger partial charge in [0.1, 0.15) is 11.3 Å². The van der Waals surface area contributed by atoms with Gasteiger partial charge in [-0.15, -0.1) is 0 Å². The molecule has 0 spiro atoms. The number of rotatable bonds is 6. The van der Waals surface area contributed by atoms with E-state index in [4.69, 9.17) is 4.74 Å². The lowest BCUT2D eigenvalue weighted by molar-refractivity contribution is 0.102. The molecule has 4 rings (SSSR count). The van der Waals surface area contributed by atoms with E-state index in [-0.39, 0.29) is 17.4 Å². The van der Waals surface area contributed by atoms with Crippen LogP contribution in [0.2, 0.25) is 0 Å². The molecule has 0 unspecified atom stereocenters. The molecule has 142 valence electrons. The van der Waals surface area contributed by atoms with E-state index < -0.39 is 0 Å². The van der Waals surface area contributed by atoms with E-state index in [0.29, 0.717) is 17.4 Å². The van der Waals surface area contributed by atoms with Gasteiger partial charge in [-0.3, -0.25) is 4.79 Å². The highest BCUT2D eigenvalue weighted by atomic mass is 16.5. The third-order valence-electron chi connectivity index (χ3n) is 4.02. The summed E-state index contributed by atoms with van der Waals surface area (Å²) in [5.41, 5.74) is 1.74. The Hall–Kier alpha value is -4.19. The highest BCUT2D eigenvalue weighted by molar-refractivity contribution is 6.05. The number of amides is 1. The average molecular weight is 382 g/mol. The van der Waals surface area contributed by atoms with Crippen molar-refractivity contribution >= 4 is 23.2 Å². The van der Waals surface area contributed by atoms with Gasteiger partial charge in [0.2, 0.25) is 11.8 Å². The largest absolute Gasteiger partial charge is 0.438 e. The lowest BCUT2D eigenvalue weighted by Crippen LogP contribution is -2.15. The van der Waals surface area contributed by atoms with Crippen molar-refractivity contribution in [1.29, 1.82) is 0 Å². The van der Waals surface area contributed by atoms with Crippen LogP contribution in [-0.4, -0.2) is 15.9 Å². The summed E-state index contributed by atoms with van der Waals surface area (Å²) < 4.78 is 5.89. The topological polar surface area (TPSA) is 76.1 Å². The van der Waals surface area contributed by atoms with Crippen LogP contribution in [0.4, 0.5) is 17.3 Å². The van der Waals surface area contributed by atoms with Crippen molar-refractivity contribution in [2.45, 2.75) is 0 Å². The molecule has 0 aliphatic rings. The second-order valence-corrected chi connectivity index (χ2v) is 6.14. The van der Waals surface area contributed by atoms with Crippen LogP contribution < -0.4 is 15.4 Å². The molecule has 0 bridgehead atoms. The molecule has 0 aliphatic heterocycles. The molecule has 0 fully saturated rings. The molecule has 0 saturated heterocycles. The fourth-order valence-electron chi connectivity index (χ4n) is 2.63. The van der Waals surface area contributed by atoms with Crippen molar-refractivity contribution in [3.05, 3.63) is 103 Å². The maximum Gasteiger partial charge on any atom is 0.262 e. The van der Waals surface area contributed by atoms with Crippen LogP contribution in [0, 0.1) is 0 Å². The highest BCUT2D eigenvalue weighted by Gasteiger charge is 2.17. The Morgan fingerprint density at radius 2 is 1.34 bits per heavy atom. The summed E-state index contributed by atoms with van der Waals surface area (Å²) in [6.07, 6.45) is 1.45. The smallest absolute Gasteiger partial charge is 0.262 e. The molecule has 1 aromatic heterocycles. The fourth-order valence-corrected chi connectivity index (χ4v) is 2.63. The first-order valence-corrected chi connectivity index (χ1v) is 9.06. The van der Waals surface area contributed by atoms with E-state index in [1.165, 1.54) is 6.20 Å². The zero-order valence-electron chi connectivity index (χ0n) is 15.4. The van der Waals surface area contributed by atoms with Crippen molar-refractivity contribution in [3.8, 4) is 11.6 Å². The molecule has 1 heterocycles. The van der Waals surface area contributed by atoms with Gasteiger partial charge >= 0.3 is 0 Å². The minimum absolute atomic E-state index is 0.165. The number of para-hydroxylation sites is 3. The van der Waals surface area contributed by atoms with Gasteiger partial charge in [-0.05, 0) is 36.4 Å². The Morgan fingerprint density at radius 1 is 0.759 bits per heavy atom. The fraction of sp³-hybridized carbons (Fsp3) is 0. The third kappa shape index (κ3) is 4.75. The maximum atomic E-state index is 12.8. The Bertz CT molecular complexity index is 1090. The van der Waals surface area contributed by atoms with E-state index in [1.54, 1.807) is 12.1 Å². The van der Waals surface area contributed by atoms with Crippen molar-refractivity contribution in [3.63, 3.8) is 0 Å². The van der Waals surface area contributed by atoms with Crippen molar-refractivity contribution in [1.82, 2.24) is 9.97 Å². The van der Waals surface area contributed by atoms with Gasteiger partial charge in [0.25, 0.3) is 5.91 Å². The first kappa shape index (κ1) is 18.2. The maximum absolute atomic E-state index is 12.8. The quantitative estimate of drug-likeness (QED) is 0.475. The molecule has 4 aromatic rings. The standard InChI is InChI=1S/C23H18N4O2/c28-21(25-17-10-4-1-5-11-17)20-16-24-23(26-18-12-6-2-7-13-18)27-22(20)29-19-14-8-3-9-15-19/h1-16H,(H,25,28)(H,24,26,27). The van der Waals surface area contributed by atoms with Gasteiger partial charge in [-0.2, -0.15) is 4.98 Å². The van der Waals surface area contributed by atoms with E-state index in [1.807, 2.05) is 78.9 Å². The molecule has 1 amide bonds. The molecular weight excluding hydrogens is 364 g/mol.